The summed E-state index contributed by atoms with van der Waals surface area (Å²) >= 11 is 6.25. The quantitative estimate of drug-likeness (QED) is 0.915. The molecule has 1 atom stereocenters. The minimum absolute atomic E-state index is 0.0538. The molecule has 0 fully saturated rings. The average molecular weight is 264 g/mol. The van der Waals surface area contributed by atoms with Gasteiger partial charge >= 0.3 is 0 Å². The second-order valence-electron chi connectivity index (χ2n) is 4.47. The fraction of sp³-hybridized carbons (Fsp3) is 0.357. The van der Waals surface area contributed by atoms with Crippen molar-refractivity contribution in [2.24, 2.45) is 5.73 Å². The van der Waals surface area contributed by atoms with E-state index in [2.05, 4.69) is 16.5 Å². The molecular formula is C14H18ClN3. The van der Waals surface area contributed by atoms with E-state index >= 15 is 0 Å². The highest BCUT2D eigenvalue weighted by molar-refractivity contribution is 6.31. The highest BCUT2D eigenvalue weighted by atomic mass is 35.5. The molecule has 0 aliphatic rings. The van der Waals surface area contributed by atoms with Crippen molar-refractivity contribution in [3.8, 4) is 11.4 Å². The van der Waals surface area contributed by atoms with Gasteiger partial charge in [0.05, 0.1) is 0 Å². The summed E-state index contributed by atoms with van der Waals surface area (Å²) in [5, 5.41) is 0.702. The van der Waals surface area contributed by atoms with Crippen molar-refractivity contribution in [1.29, 1.82) is 0 Å². The van der Waals surface area contributed by atoms with E-state index in [4.69, 9.17) is 17.3 Å². The van der Waals surface area contributed by atoms with Crippen LogP contribution in [0.2, 0.25) is 5.02 Å². The molecule has 0 radical (unpaired) electrons. The molecule has 2 N–H and O–H groups in total. The molecule has 18 heavy (non-hydrogen) atoms. The highest BCUT2D eigenvalue weighted by Crippen LogP contribution is 2.27. The fourth-order valence-electron chi connectivity index (χ4n) is 2.03. The Morgan fingerprint density at radius 2 is 2.22 bits per heavy atom. The smallest absolute Gasteiger partial charge is 0.139 e. The zero-order valence-corrected chi connectivity index (χ0v) is 11.5. The van der Waals surface area contributed by atoms with Crippen LogP contribution in [0.25, 0.3) is 11.4 Å². The summed E-state index contributed by atoms with van der Waals surface area (Å²) in [6, 6.07) is 5.89. The summed E-state index contributed by atoms with van der Waals surface area (Å²) in [4.78, 5) is 4.39. The summed E-state index contributed by atoms with van der Waals surface area (Å²) < 4.78 is 2.14. The van der Waals surface area contributed by atoms with Gasteiger partial charge in [-0.2, -0.15) is 0 Å². The molecule has 3 nitrogen and oxygen atoms in total. The van der Waals surface area contributed by atoms with Gasteiger partial charge in [-0.15, -0.1) is 0 Å². The number of nitrogens with zero attached hydrogens (tertiary/aromatic N) is 2. The van der Waals surface area contributed by atoms with Gasteiger partial charge < -0.3 is 10.3 Å². The standard InChI is InChI=1S/C14H18ClN3/c1-3-7-18-8-6-17-14(18)11-4-5-12(10(2)16)13(15)9-11/h4-6,8-10H,3,7,16H2,1-2H3. The van der Waals surface area contributed by atoms with Crippen LogP contribution in [0.15, 0.2) is 30.6 Å². The van der Waals surface area contributed by atoms with Crippen molar-refractivity contribution in [3.05, 3.63) is 41.2 Å². The Hall–Kier alpha value is -1.32. The van der Waals surface area contributed by atoms with Crippen LogP contribution in [0, 0.1) is 0 Å². The number of halogens is 1. The topological polar surface area (TPSA) is 43.8 Å². The zero-order valence-electron chi connectivity index (χ0n) is 10.7. The SMILES string of the molecule is CCCn1ccnc1-c1ccc(C(C)N)c(Cl)c1. The first kappa shape index (κ1) is 13.1. The molecule has 1 aromatic heterocycles. The lowest BCUT2D eigenvalue weighted by atomic mass is 10.1. The van der Waals surface area contributed by atoms with E-state index in [0.717, 1.165) is 29.9 Å². The molecule has 1 heterocycles. The molecule has 0 saturated carbocycles. The Kier molecular flexibility index (Phi) is 4.04. The number of imidazole rings is 1. The number of hydrogen-bond donors (Lipinski definition) is 1. The van der Waals surface area contributed by atoms with Crippen LogP contribution >= 0.6 is 11.6 Å². The first-order valence-electron chi connectivity index (χ1n) is 6.20. The number of nitrogens with two attached hydrogens (primary N) is 1. The maximum absolute atomic E-state index is 6.25. The summed E-state index contributed by atoms with van der Waals surface area (Å²) in [6.45, 7) is 5.04. The van der Waals surface area contributed by atoms with Crippen molar-refractivity contribution in [3.63, 3.8) is 0 Å². The highest BCUT2D eigenvalue weighted by Gasteiger charge is 2.10. The largest absolute Gasteiger partial charge is 0.331 e. The molecule has 1 unspecified atom stereocenters. The van der Waals surface area contributed by atoms with E-state index in [1.165, 1.54) is 0 Å². The predicted octanol–water partition coefficient (Wildman–Crippen LogP) is 3.63. The number of benzene rings is 1. The van der Waals surface area contributed by atoms with E-state index < -0.39 is 0 Å². The van der Waals surface area contributed by atoms with Gasteiger partial charge in [0.2, 0.25) is 0 Å². The van der Waals surface area contributed by atoms with Crippen LogP contribution in [0.4, 0.5) is 0 Å². The molecule has 0 aliphatic carbocycles. The third-order valence-electron chi connectivity index (χ3n) is 2.93. The third-order valence-corrected chi connectivity index (χ3v) is 3.26. The first-order valence-corrected chi connectivity index (χ1v) is 6.57. The summed E-state index contributed by atoms with van der Waals surface area (Å²) in [7, 11) is 0. The van der Waals surface area contributed by atoms with Crippen molar-refractivity contribution < 1.29 is 0 Å². The fourth-order valence-corrected chi connectivity index (χ4v) is 2.38. The zero-order chi connectivity index (χ0) is 13.1. The number of hydrogen-bond acceptors (Lipinski definition) is 2. The van der Waals surface area contributed by atoms with Crippen LogP contribution in [-0.4, -0.2) is 9.55 Å². The number of aryl methyl sites for hydroxylation is 1. The van der Waals surface area contributed by atoms with Gasteiger partial charge in [0.15, 0.2) is 0 Å². The molecule has 1 aromatic carbocycles. The van der Waals surface area contributed by atoms with Gasteiger partial charge in [0.1, 0.15) is 5.82 Å². The summed E-state index contributed by atoms with van der Waals surface area (Å²) in [6.07, 6.45) is 4.89. The van der Waals surface area contributed by atoms with Gasteiger partial charge in [0, 0.05) is 35.6 Å². The summed E-state index contributed by atoms with van der Waals surface area (Å²) in [5.41, 5.74) is 7.85. The molecule has 0 saturated heterocycles. The molecule has 96 valence electrons. The monoisotopic (exact) mass is 263 g/mol. The van der Waals surface area contributed by atoms with Crippen LogP contribution in [0.1, 0.15) is 31.9 Å². The van der Waals surface area contributed by atoms with E-state index in [-0.39, 0.29) is 6.04 Å². The Labute approximate surface area is 113 Å². The minimum Gasteiger partial charge on any atom is -0.331 e. The van der Waals surface area contributed by atoms with Gasteiger partial charge in [0.25, 0.3) is 0 Å². The maximum atomic E-state index is 6.25. The van der Waals surface area contributed by atoms with Gasteiger partial charge in [-0.3, -0.25) is 0 Å². The Morgan fingerprint density at radius 1 is 1.44 bits per heavy atom. The molecule has 0 aliphatic heterocycles. The summed E-state index contributed by atoms with van der Waals surface area (Å²) in [5.74, 6) is 0.954. The Morgan fingerprint density at radius 3 is 2.83 bits per heavy atom. The molecule has 2 aromatic rings. The first-order chi connectivity index (χ1) is 8.63. The van der Waals surface area contributed by atoms with Crippen LogP contribution in [0.5, 0.6) is 0 Å². The van der Waals surface area contributed by atoms with E-state index in [1.807, 2.05) is 37.5 Å². The lowest BCUT2D eigenvalue weighted by Crippen LogP contribution is -2.06. The second kappa shape index (κ2) is 5.55. The molecule has 0 spiro atoms. The Balaban J connectivity index is 2.39. The number of aromatic nitrogens is 2. The van der Waals surface area contributed by atoms with E-state index in [9.17, 15) is 0 Å². The van der Waals surface area contributed by atoms with Gasteiger partial charge in [-0.05, 0) is 25.0 Å². The van der Waals surface area contributed by atoms with Crippen LogP contribution in [-0.2, 0) is 6.54 Å². The normalized spacial score (nSPS) is 12.7. The third kappa shape index (κ3) is 2.57. The van der Waals surface area contributed by atoms with E-state index in [0.29, 0.717) is 5.02 Å². The molecule has 2 rings (SSSR count). The molecule has 4 heteroatoms. The maximum Gasteiger partial charge on any atom is 0.139 e. The van der Waals surface area contributed by atoms with Crippen molar-refractivity contribution in [1.82, 2.24) is 9.55 Å². The average Bonchev–Trinajstić information content (AvgIpc) is 2.77. The molecular weight excluding hydrogens is 246 g/mol. The van der Waals surface area contributed by atoms with Crippen LogP contribution in [0.3, 0.4) is 0 Å². The van der Waals surface area contributed by atoms with Crippen LogP contribution < -0.4 is 5.73 Å². The van der Waals surface area contributed by atoms with Crippen molar-refractivity contribution in [2.45, 2.75) is 32.9 Å². The van der Waals surface area contributed by atoms with Crippen molar-refractivity contribution >= 4 is 11.6 Å². The van der Waals surface area contributed by atoms with Crippen molar-refractivity contribution in [2.75, 3.05) is 0 Å². The Bertz CT molecular complexity index is 532. The lowest BCUT2D eigenvalue weighted by Gasteiger charge is -2.11. The number of rotatable bonds is 4. The van der Waals surface area contributed by atoms with Gasteiger partial charge in [-0.1, -0.05) is 30.7 Å². The van der Waals surface area contributed by atoms with E-state index in [1.54, 1.807) is 0 Å². The molecule has 0 amide bonds. The predicted molar refractivity (Wildman–Crippen MR) is 75.6 cm³/mol. The second-order valence-corrected chi connectivity index (χ2v) is 4.88. The molecule has 0 bridgehead atoms. The van der Waals surface area contributed by atoms with Gasteiger partial charge in [-0.25, -0.2) is 4.98 Å². The minimum atomic E-state index is -0.0538. The lowest BCUT2D eigenvalue weighted by molar-refractivity contribution is 0.685.